The zero-order valence-corrected chi connectivity index (χ0v) is 22.4. The van der Waals surface area contributed by atoms with E-state index in [0.717, 1.165) is 28.1 Å². The second kappa shape index (κ2) is 10.6. The Labute approximate surface area is 228 Å². The Balaban J connectivity index is 1.26. The zero-order chi connectivity index (χ0) is 26.7. The summed E-state index contributed by atoms with van der Waals surface area (Å²) >= 11 is 6.10. The van der Waals surface area contributed by atoms with E-state index in [0.29, 0.717) is 23.0 Å². The van der Waals surface area contributed by atoms with E-state index in [2.05, 4.69) is 43.6 Å². The third kappa shape index (κ3) is 5.84. The van der Waals surface area contributed by atoms with E-state index in [1.54, 1.807) is 5.01 Å². The smallest absolute Gasteiger partial charge is 0.340 e. The Morgan fingerprint density at radius 3 is 2.03 bits per heavy atom. The molecule has 0 radical (unpaired) electrons. The predicted octanol–water partition coefficient (Wildman–Crippen LogP) is 8.35. The molecular formula is C32H30ClN3O2. The lowest BCUT2D eigenvalue weighted by Gasteiger charge is -2.19. The van der Waals surface area contributed by atoms with Gasteiger partial charge in [0.2, 0.25) is 0 Å². The monoisotopic (exact) mass is 523 g/mol. The lowest BCUT2D eigenvalue weighted by Crippen LogP contribution is -2.40. The predicted molar refractivity (Wildman–Crippen MR) is 155 cm³/mol. The van der Waals surface area contributed by atoms with Gasteiger partial charge in [0.1, 0.15) is 11.5 Å². The quantitative estimate of drug-likeness (QED) is 0.276. The molecule has 0 saturated carbocycles. The van der Waals surface area contributed by atoms with Crippen molar-refractivity contribution >= 4 is 34.6 Å². The molecule has 1 aliphatic heterocycles. The molecule has 0 spiro atoms. The number of nitrogens with zero attached hydrogens (tertiary/aromatic N) is 1. The van der Waals surface area contributed by atoms with Gasteiger partial charge in [-0.25, -0.2) is 9.80 Å². The van der Waals surface area contributed by atoms with Crippen molar-refractivity contribution in [3.05, 3.63) is 125 Å². The molecule has 4 aromatic carbocycles. The van der Waals surface area contributed by atoms with Crippen LogP contribution in [0.4, 0.5) is 10.5 Å². The summed E-state index contributed by atoms with van der Waals surface area (Å²) in [6.07, 6.45) is 0. The number of amides is 2. The van der Waals surface area contributed by atoms with Crippen LogP contribution in [0.5, 0.6) is 11.5 Å². The molecule has 0 aliphatic carbocycles. The maximum atomic E-state index is 13.2. The van der Waals surface area contributed by atoms with Crippen LogP contribution in [0, 0.1) is 0 Å². The summed E-state index contributed by atoms with van der Waals surface area (Å²) in [5.74, 6) is 1.47. The molecule has 0 bridgehead atoms. The summed E-state index contributed by atoms with van der Waals surface area (Å²) in [4.78, 5) is 13.2. The van der Waals surface area contributed by atoms with Crippen LogP contribution in [0.15, 0.2) is 103 Å². The lowest BCUT2D eigenvalue weighted by atomic mass is 9.87. The first kappa shape index (κ1) is 25.4. The van der Waals surface area contributed by atoms with Gasteiger partial charge in [-0.3, -0.25) is 5.43 Å². The molecule has 6 heteroatoms. The topological polar surface area (TPSA) is 53.6 Å². The second-order valence-corrected chi connectivity index (χ2v) is 10.7. The van der Waals surface area contributed by atoms with E-state index in [9.17, 15) is 4.79 Å². The van der Waals surface area contributed by atoms with Gasteiger partial charge in [0.15, 0.2) is 0 Å². The Bertz CT molecular complexity index is 1440. The van der Waals surface area contributed by atoms with Crippen LogP contribution in [0.25, 0.3) is 11.3 Å². The Kier molecular flexibility index (Phi) is 7.12. The highest BCUT2D eigenvalue weighted by atomic mass is 35.5. The summed E-state index contributed by atoms with van der Waals surface area (Å²) in [6.45, 7) is 6.97. The molecule has 0 unspecified atom stereocenters. The minimum Gasteiger partial charge on any atom is -0.457 e. The van der Waals surface area contributed by atoms with Crippen LogP contribution >= 0.6 is 11.6 Å². The van der Waals surface area contributed by atoms with Crippen molar-refractivity contribution in [1.29, 1.82) is 0 Å². The highest BCUT2D eigenvalue weighted by Gasteiger charge is 2.27. The number of hydrogen-bond acceptors (Lipinski definition) is 3. The van der Waals surface area contributed by atoms with Gasteiger partial charge in [0.25, 0.3) is 0 Å². The molecule has 2 amide bonds. The minimum atomic E-state index is -0.256. The summed E-state index contributed by atoms with van der Waals surface area (Å²) < 4.78 is 5.99. The Morgan fingerprint density at radius 1 is 0.816 bits per heavy atom. The van der Waals surface area contributed by atoms with E-state index < -0.39 is 0 Å². The minimum absolute atomic E-state index is 0.0928. The van der Waals surface area contributed by atoms with Gasteiger partial charge < -0.3 is 10.1 Å². The van der Waals surface area contributed by atoms with Crippen molar-refractivity contribution in [3.63, 3.8) is 0 Å². The number of anilines is 1. The molecule has 0 fully saturated rings. The molecule has 0 aromatic heterocycles. The number of nitrogens with one attached hydrogen (secondary N) is 2. The van der Waals surface area contributed by atoms with Crippen molar-refractivity contribution < 1.29 is 9.53 Å². The number of benzene rings is 4. The fourth-order valence-corrected chi connectivity index (χ4v) is 4.41. The molecule has 192 valence electrons. The van der Waals surface area contributed by atoms with Crippen molar-refractivity contribution in [2.45, 2.75) is 26.2 Å². The van der Waals surface area contributed by atoms with Gasteiger partial charge >= 0.3 is 6.03 Å². The Hall–Kier alpha value is -4.22. The summed E-state index contributed by atoms with van der Waals surface area (Å²) in [5.41, 5.74) is 9.23. The number of urea groups is 1. The zero-order valence-electron chi connectivity index (χ0n) is 21.7. The maximum Gasteiger partial charge on any atom is 0.340 e. The number of hydrogen-bond donors (Lipinski definition) is 2. The average Bonchev–Trinajstić information content (AvgIpc) is 3.36. The first-order chi connectivity index (χ1) is 18.3. The molecule has 0 atom stereocenters. The molecule has 0 saturated heterocycles. The molecule has 1 aliphatic rings. The summed E-state index contributed by atoms with van der Waals surface area (Å²) in [6, 6.07) is 32.9. The van der Waals surface area contributed by atoms with E-state index in [4.69, 9.17) is 16.3 Å². The SMILES string of the molecule is CC(C)(C)c1ccc(Oc2ccc(NC(=O)N3CC(c4ccccc4)=C(c4ccc(Cl)cc4)N3)cc2)cc1. The van der Waals surface area contributed by atoms with Gasteiger partial charge in [-0.05, 0) is 70.6 Å². The number of carbonyl (C=O) groups is 1. The molecule has 2 N–H and O–H groups in total. The number of hydrazine groups is 1. The van der Waals surface area contributed by atoms with E-state index in [1.165, 1.54) is 5.56 Å². The van der Waals surface area contributed by atoms with E-state index in [1.807, 2.05) is 91.0 Å². The normalized spacial score (nSPS) is 13.3. The van der Waals surface area contributed by atoms with Crippen molar-refractivity contribution in [2.24, 2.45) is 0 Å². The fraction of sp³-hybridized carbons (Fsp3) is 0.156. The van der Waals surface area contributed by atoms with Crippen LogP contribution in [-0.4, -0.2) is 17.6 Å². The first-order valence-corrected chi connectivity index (χ1v) is 12.9. The van der Waals surface area contributed by atoms with Crippen LogP contribution in [-0.2, 0) is 5.41 Å². The van der Waals surface area contributed by atoms with Crippen molar-refractivity contribution in [2.75, 3.05) is 11.9 Å². The van der Waals surface area contributed by atoms with Gasteiger partial charge in [0, 0.05) is 16.3 Å². The number of rotatable bonds is 5. The highest BCUT2D eigenvalue weighted by molar-refractivity contribution is 6.30. The van der Waals surface area contributed by atoms with Gasteiger partial charge in [-0.1, -0.05) is 87.0 Å². The van der Waals surface area contributed by atoms with Crippen molar-refractivity contribution in [1.82, 2.24) is 10.4 Å². The Morgan fingerprint density at radius 2 is 1.42 bits per heavy atom. The van der Waals surface area contributed by atoms with Gasteiger partial charge in [0.05, 0.1) is 12.2 Å². The number of carbonyl (C=O) groups excluding carboxylic acids is 1. The summed E-state index contributed by atoms with van der Waals surface area (Å²) in [5, 5.41) is 5.21. The fourth-order valence-electron chi connectivity index (χ4n) is 4.29. The molecule has 1 heterocycles. The van der Waals surface area contributed by atoms with Crippen molar-refractivity contribution in [3.8, 4) is 11.5 Å². The highest BCUT2D eigenvalue weighted by Crippen LogP contribution is 2.32. The first-order valence-electron chi connectivity index (χ1n) is 12.5. The third-order valence-electron chi connectivity index (χ3n) is 6.43. The lowest BCUT2D eigenvalue weighted by molar-refractivity contribution is 0.210. The maximum absolute atomic E-state index is 13.2. The average molecular weight is 524 g/mol. The van der Waals surface area contributed by atoms with E-state index >= 15 is 0 Å². The van der Waals surface area contributed by atoms with Crippen LogP contribution < -0.4 is 15.5 Å². The third-order valence-corrected chi connectivity index (χ3v) is 6.68. The van der Waals surface area contributed by atoms with Gasteiger partial charge in [-0.15, -0.1) is 0 Å². The summed E-state index contributed by atoms with van der Waals surface area (Å²) in [7, 11) is 0. The second-order valence-electron chi connectivity index (χ2n) is 10.3. The van der Waals surface area contributed by atoms with Crippen LogP contribution in [0.2, 0.25) is 5.02 Å². The molecule has 38 heavy (non-hydrogen) atoms. The molecule has 4 aromatic rings. The number of halogens is 1. The molecular weight excluding hydrogens is 494 g/mol. The van der Waals surface area contributed by atoms with Crippen LogP contribution in [0.1, 0.15) is 37.5 Å². The largest absolute Gasteiger partial charge is 0.457 e. The molecule has 5 rings (SSSR count). The van der Waals surface area contributed by atoms with E-state index in [-0.39, 0.29) is 11.4 Å². The van der Waals surface area contributed by atoms with Crippen LogP contribution in [0.3, 0.4) is 0 Å². The standard InChI is InChI=1S/C32H30ClN3O2/c1-32(2,3)24-11-17-27(18-12-24)38-28-19-15-26(16-20-28)34-31(37)36-21-29(22-7-5-4-6-8-22)30(35-36)23-9-13-25(33)14-10-23/h4-20,35H,21H2,1-3H3,(H,34,37). The van der Waals surface area contributed by atoms with Gasteiger partial charge in [-0.2, -0.15) is 0 Å². The number of ether oxygens (including phenoxy) is 1. The molecule has 5 nitrogen and oxygen atoms in total.